The summed E-state index contributed by atoms with van der Waals surface area (Å²) in [6.07, 6.45) is 0.0442. The molecule has 0 aliphatic carbocycles. The van der Waals surface area contributed by atoms with Crippen molar-refractivity contribution in [1.82, 2.24) is 5.32 Å². The van der Waals surface area contributed by atoms with Gasteiger partial charge in [-0.25, -0.2) is 0 Å². The standard InChI is InChI=1S/C5H6N2O3/c6-5(2-8)1-3(9)7-4(5)10/h2H,1,6H2,(H,7,9,10). The van der Waals surface area contributed by atoms with Crippen molar-refractivity contribution in [2.45, 2.75) is 12.0 Å². The maximum atomic E-state index is 10.6. The van der Waals surface area contributed by atoms with Gasteiger partial charge in [0.05, 0.1) is 6.42 Å². The molecule has 1 rings (SSSR count). The highest BCUT2D eigenvalue weighted by Crippen LogP contribution is 2.09. The Morgan fingerprint density at radius 2 is 2.20 bits per heavy atom. The topological polar surface area (TPSA) is 89.3 Å². The summed E-state index contributed by atoms with van der Waals surface area (Å²) in [5, 5.41) is 1.92. The largest absolute Gasteiger partial charge is 0.311 e. The van der Waals surface area contributed by atoms with E-state index in [0.29, 0.717) is 0 Å². The van der Waals surface area contributed by atoms with Gasteiger partial charge in [0.1, 0.15) is 6.29 Å². The van der Waals surface area contributed by atoms with Crippen molar-refractivity contribution >= 4 is 18.1 Å². The lowest BCUT2D eigenvalue weighted by atomic mass is 10.0. The van der Waals surface area contributed by atoms with Gasteiger partial charge in [0.2, 0.25) is 5.91 Å². The smallest absolute Gasteiger partial charge is 0.254 e. The van der Waals surface area contributed by atoms with E-state index in [1.807, 2.05) is 5.32 Å². The summed E-state index contributed by atoms with van der Waals surface area (Å²) in [6, 6.07) is 0. The van der Waals surface area contributed by atoms with Crippen LogP contribution < -0.4 is 11.1 Å². The summed E-state index contributed by atoms with van der Waals surface area (Å²) in [7, 11) is 0. The molecular weight excluding hydrogens is 136 g/mol. The van der Waals surface area contributed by atoms with E-state index >= 15 is 0 Å². The molecule has 1 saturated heterocycles. The van der Waals surface area contributed by atoms with E-state index < -0.39 is 17.4 Å². The number of nitrogens with two attached hydrogens (primary N) is 1. The van der Waals surface area contributed by atoms with E-state index in [4.69, 9.17) is 5.73 Å². The van der Waals surface area contributed by atoms with Crippen LogP contribution in [0.25, 0.3) is 0 Å². The minimum Gasteiger partial charge on any atom is -0.311 e. The number of amides is 2. The molecule has 3 N–H and O–H groups in total. The van der Waals surface area contributed by atoms with E-state index in [-0.39, 0.29) is 12.7 Å². The highest BCUT2D eigenvalue weighted by Gasteiger charge is 2.43. The van der Waals surface area contributed by atoms with Crippen molar-refractivity contribution in [3.8, 4) is 0 Å². The first-order chi connectivity index (χ1) is 4.58. The van der Waals surface area contributed by atoms with E-state index in [9.17, 15) is 14.4 Å². The van der Waals surface area contributed by atoms with Crippen molar-refractivity contribution in [1.29, 1.82) is 0 Å². The fourth-order valence-electron chi connectivity index (χ4n) is 0.728. The minimum atomic E-state index is -1.61. The average molecular weight is 142 g/mol. The molecule has 0 spiro atoms. The fourth-order valence-corrected chi connectivity index (χ4v) is 0.728. The lowest BCUT2D eigenvalue weighted by Gasteiger charge is -2.07. The molecule has 0 aromatic rings. The Morgan fingerprint density at radius 3 is 2.40 bits per heavy atom. The third-order valence-electron chi connectivity index (χ3n) is 1.34. The van der Waals surface area contributed by atoms with Gasteiger partial charge in [0.25, 0.3) is 5.91 Å². The number of aldehydes is 1. The van der Waals surface area contributed by atoms with Crippen LogP contribution in [0, 0.1) is 0 Å². The average Bonchev–Trinajstić information content (AvgIpc) is 2.09. The number of nitrogens with one attached hydrogen (secondary N) is 1. The lowest BCUT2D eigenvalue weighted by Crippen LogP contribution is -2.48. The highest BCUT2D eigenvalue weighted by atomic mass is 16.2. The van der Waals surface area contributed by atoms with Crippen LogP contribution >= 0.6 is 0 Å². The second-order valence-corrected chi connectivity index (χ2v) is 2.21. The van der Waals surface area contributed by atoms with E-state index in [0.717, 1.165) is 0 Å². The molecule has 5 heteroatoms. The van der Waals surface area contributed by atoms with Crippen molar-refractivity contribution in [3.63, 3.8) is 0 Å². The Kier molecular flexibility index (Phi) is 1.29. The molecular formula is C5H6N2O3. The molecule has 0 radical (unpaired) electrons. The normalized spacial score (nSPS) is 32.1. The number of rotatable bonds is 1. The van der Waals surface area contributed by atoms with Gasteiger partial charge in [-0.2, -0.15) is 0 Å². The van der Waals surface area contributed by atoms with Gasteiger partial charge in [-0.1, -0.05) is 0 Å². The van der Waals surface area contributed by atoms with Crippen molar-refractivity contribution < 1.29 is 14.4 Å². The van der Waals surface area contributed by atoms with Crippen LogP contribution in [-0.2, 0) is 14.4 Å². The van der Waals surface area contributed by atoms with E-state index in [1.54, 1.807) is 0 Å². The molecule has 1 heterocycles. The Labute approximate surface area is 56.6 Å². The zero-order valence-corrected chi connectivity index (χ0v) is 5.09. The van der Waals surface area contributed by atoms with E-state index in [1.165, 1.54) is 0 Å². The second kappa shape index (κ2) is 1.88. The predicted molar refractivity (Wildman–Crippen MR) is 30.7 cm³/mol. The van der Waals surface area contributed by atoms with Crippen molar-refractivity contribution in [3.05, 3.63) is 0 Å². The molecule has 1 unspecified atom stereocenters. The van der Waals surface area contributed by atoms with Crippen molar-refractivity contribution in [2.75, 3.05) is 0 Å². The van der Waals surface area contributed by atoms with Gasteiger partial charge >= 0.3 is 0 Å². The summed E-state index contributed by atoms with van der Waals surface area (Å²) in [4.78, 5) is 31.3. The third-order valence-corrected chi connectivity index (χ3v) is 1.34. The van der Waals surface area contributed by atoms with Gasteiger partial charge in [0, 0.05) is 0 Å². The summed E-state index contributed by atoms with van der Waals surface area (Å²) in [5.74, 6) is -1.22. The molecule has 54 valence electrons. The molecule has 0 aromatic carbocycles. The summed E-state index contributed by atoms with van der Waals surface area (Å²) >= 11 is 0. The third kappa shape index (κ3) is 0.801. The Morgan fingerprint density at radius 1 is 1.60 bits per heavy atom. The first kappa shape index (κ1) is 6.88. The molecule has 1 atom stereocenters. The quantitative estimate of drug-likeness (QED) is 0.250. The summed E-state index contributed by atoms with van der Waals surface area (Å²) in [5.41, 5.74) is 3.58. The predicted octanol–water partition coefficient (Wildman–Crippen LogP) is -2.07. The molecule has 2 amide bonds. The summed E-state index contributed by atoms with van der Waals surface area (Å²) < 4.78 is 0. The van der Waals surface area contributed by atoms with Gasteiger partial charge < -0.3 is 10.5 Å². The first-order valence-corrected chi connectivity index (χ1v) is 2.68. The van der Waals surface area contributed by atoms with Gasteiger partial charge in [-0.05, 0) is 0 Å². The molecule has 0 saturated carbocycles. The van der Waals surface area contributed by atoms with Crippen LogP contribution in [0.5, 0.6) is 0 Å². The van der Waals surface area contributed by atoms with Crippen LogP contribution in [0.3, 0.4) is 0 Å². The number of imide groups is 1. The maximum Gasteiger partial charge on any atom is 0.254 e. The Balaban J connectivity index is 2.90. The SMILES string of the molecule is NC1(C=O)CC(=O)NC1=O. The molecule has 1 aliphatic heterocycles. The van der Waals surface area contributed by atoms with E-state index in [2.05, 4.69) is 0 Å². The molecule has 1 aliphatic rings. The van der Waals surface area contributed by atoms with Crippen LogP contribution in [0.1, 0.15) is 6.42 Å². The highest BCUT2D eigenvalue weighted by molar-refractivity contribution is 6.16. The van der Waals surface area contributed by atoms with Gasteiger partial charge in [0.15, 0.2) is 5.54 Å². The van der Waals surface area contributed by atoms with Gasteiger partial charge in [-0.15, -0.1) is 0 Å². The number of hydrogen-bond acceptors (Lipinski definition) is 4. The van der Waals surface area contributed by atoms with Crippen LogP contribution in [0.4, 0.5) is 0 Å². The molecule has 1 fully saturated rings. The zero-order chi connectivity index (χ0) is 7.78. The molecule has 5 nitrogen and oxygen atoms in total. The molecule has 0 bridgehead atoms. The van der Waals surface area contributed by atoms with Gasteiger partial charge in [-0.3, -0.25) is 14.9 Å². The minimum absolute atomic E-state index is 0.241. The van der Waals surface area contributed by atoms with Crippen LogP contribution in [-0.4, -0.2) is 23.6 Å². The number of carbonyl (C=O) groups is 3. The zero-order valence-electron chi connectivity index (χ0n) is 5.09. The number of hydrogen-bond donors (Lipinski definition) is 2. The molecule has 0 aromatic heterocycles. The second-order valence-electron chi connectivity index (χ2n) is 2.21. The Bertz CT molecular complexity index is 213. The fraction of sp³-hybridized carbons (Fsp3) is 0.400. The maximum absolute atomic E-state index is 10.6. The monoisotopic (exact) mass is 142 g/mol. The number of carbonyl (C=O) groups excluding carboxylic acids is 3. The van der Waals surface area contributed by atoms with Crippen LogP contribution in [0.15, 0.2) is 0 Å². The lowest BCUT2D eigenvalue weighted by molar-refractivity contribution is -0.128. The summed E-state index contributed by atoms with van der Waals surface area (Å²) in [6.45, 7) is 0. The Hall–Kier alpha value is -1.23. The van der Waals surface area contributed by atoms with Crippen LogP contribution in [0.2, 0.25) is 0 Å². The van der Waals surface area contributed by atoms with Crippen molar-refractivity contribution in [2.24, 2.45) is 5.73 Å². The first-order valence-electron chi connectivity index (χ1n) is 2.68. The molecule has 10 heavy (non-hydrogen) atoms.